The van der Waals surface area contributed by atoms with E-state index in [1.54, 1.807) is 0 Å². The number of esters is 1. The van der Waals surface area contributed by atoms with Crippen molar-refractivity contribution in [2.24, 2.45) is 0 Å². The van der Waals surface area contributed by atoms with Gasteiger partial charge in [0.2, 0.25) is 10.0 Å². The van der Waals surface area contributed by atoms with E-state index in [0.717, 1.165) is 13.2 Å². The molecule has 0 amide bonds. The van der Waals surface area contributed by atoms with E-state index in [1.165, 1.54) is 12.1 Å². The van der Waals surface area contributed by atoms with Crippen molar-refractivity contribution in [3.63, 3.8) is 0 Å². The van der Waals surface area contributed by atoms with Crippen LogP contribution in [-0.2, 0) is 19.6 Å². The lowest BCUT2D eigenvalue weighted by molar-refractivity contribution is -0.137. The quantitative estimate of drug-likeness (QED) is 0.609. The van der Waals surface area contributed by atoms with E-state index in [2.05, 4.69) is 21.3 Å². The Morgan fingerprint density at radius 2 is 2.19 bits per heavy atom. The zero-order chi connectivity index (χ0) is 15.9. The minimum Gasteiger partial charge on any atom is -0.468 e. The molecule has 0 fully saturated rings. The lowest BCUT2D eigenvalue weighted by atomic mass is 10.2. The fourth-order valence-electron chi connectivity index (χ4n) is 1.32. The molecule has 1 rings (SSSR count). The Morgan fingerprint density at radius 3 is 2.76 bits per heavy atom. The number of carbonyl (C=O) groups is 1. The molecular formula is C13H14FNO5S. The summed E-state index contributed by atoms with van der Waals surface area (Å²) in [5.41, 5.74) is 0.0588. The predicted molar refractivity (Wildman–Crippen MR) is 74.4 cm³/mol. The maximum atomic E-state index is 13.7. The number of anilines is 1. The Kier molecular flexibility index (Phi) is 6.14. The first kappa shape index (κ1) is 16.9. The van der Waals surface area contributed by atoms with E-state index in [9.17, 15) is 17.6 Å². The molecule has 0 saturated carbocycles. The number of rotatable bonds is 5. The van der Waals surface area contributed by atoms with E-state index >= 15 is 0 Å². The van der Waals surface area contributed by atoms with Crippen LogP contribution >= 0.6 is 0 Å². The number of aliphatic hydroxyl groups excluding tert-OH is 1. The van der Waals surface area contributed by atoms with E-state index in [4.69, 9.17) is 5.11 Å². The molecule has 114 valence electrons. The number of carbonyl (C=O) groups excluding carboxylic acids is 1. The van der Waals surface area contributed by atoms with Gasteiger partial charge in [-0.25, -0.2) is 12.8 Å². The van der Waals surface area contributed by atoms with Gasteiger partial charge >= 0.3 is 5.97 Å². The number of aliphatic hydroxyl groups is 1. The van der Waals surface area contributed by atoms with Gasteiger partial charge in [0, 0.05) is 6.42 Å². The summed E-state index contributed by atoms with van der Waals surface area (Å²) in [5, 5.41) is 8.57. The van der Waals surface area contributed by atoms with Gasteiger partial charge in [0.15, 0.2) is 5.75 Å². The van der Waals surface area contributed by atoms with Gasteiger partial charge in [0.25, 0.3) is 0 Å². The van der Waals surface area contributed by atoms with Crippen LogP contribution in [0.2, 0.25) is 0 Å². The SMILES string of the molecule is COC(=O)CS(=O)(=O)Nc1ccc(C#CCCO)c(F)c1. The number of hydrogen-bond donors (Lipinski definition) is 2. The minimum absolute atomic E-state index is 0.0240. The predicted octanol–water partition coefficient (Wildman–Crippen LogP) is 0.474. The zero-order valence-corrected chi connectivity index (χ0v) is 12.0. The van der Waals surface area contributed by atoms with Crippen LogP contribution in [0, 0.1) is 17.7 Å². The molecule has 2 N–H and O–H groups in total. The molecule has 0 saturated heterocycles. The first-order valence-corrected chi connectivity index (χ1v) is 7.50. The van der Waals surface area contributed by atoms with Crippen molar-refractivity contribution < 1.29 is 27.4 Å². The number of ether oxygens (including phenoxy) is 1. The van der Waals surface area contributed by atoms with Crippen molar-refractivity contribution in [2.45, 2.75) is 6.42 Å². The first-order chi connectivity index (χ1) is 9.88. The number of halogens is 1. The topological polar surface area (TPSA) is 92.7 Å². The summed E-state index contributed by atoms with van der Waals surface area (Å²) >= 11 is 0. The average molecular weight is 315 g/mol. The third-order valence-corrected chi connectivity index (χ3v) is 3.40. The lowest BCUT2D eigenvalue weighted by Crippen LogP contribution is -2.23. The van der Waals surface area contributed by atoms with Gasteiger partial charge in [-0.2, -0.15) is 0 Å². The Balaban J connectivity index is 2.85. The summed E-state index contributed by atoms with van der Waals surface area (Å²) in [5.74, 6) is 2.57. The summed E-state index contributed by atoms with van der Waals surface area (Å²) in [6.07, 6.45) is 0.215. The minimum atomic E-state index is -3.96. The van der Waals surface area contributed by atoms with E-state index < -0.39 is 27.6 Å². The molecule has 0 atom stereocenters. The summed E-state index contributed by atoms with van der Waals surface area (Å²) < 4.78 is 43.2. The summed E-state index contributed by atoms with van der Waals surface area (Å²) in [4.78, 5) is 10.9. The second-order valence-electron chi connectivity index (χ2n) is 3.91. The van der Waals surface area contributed by atoms with Crippen molar-refractivity contribution in [2.75, 3.05) is 24.2 Å². The van der Waals surface area contributed by atoms with Gasteiger partial charge in [-0.3, -0.25) is 9.52 Å². The van der Waals surface area contributed by atoms with Crippen LogP contribution in [0.5, 0.6) is 0 Å². The van der Waals surface area contributed by atoms with Crippen LogP contribution in [0.4, 0.5) is 10.1 Å². The molecular weight excluding hydrogens is 301 g/mol. The molecule has 0 radical (unpaired) electrons. The van der Waals surface area contributed by atoms with Crippen molar-refractivity contribution in [3.05, 3.63) is 29.6 Å². The maximum Gasteiger partial charge on any atom is 0.322 e. The molecule has 0 heterocycles. The van der Waals surface area contributed by atoms with Crippen molar-refractivity contribution in [3.8, 4) is 11.8 Å². The molecule has 0 aliphatic rings. The van der Waals surface area contributed by atoms with Crippen LogP contribution < -0.4 is 4.72 Å². The van der Waals surface area contributed by atoms with E-state index in [1.807, 2.05) is 0 Å². The Hall–Kier alpha value is -2.11. The molecule has 1 aromatic rings. The first-order valence-electron chi connectivity index (χ1n) is 5.84. The van der Waals surface area contributed by atoms with Crippen molar-refractivity contribution in [1.29, 1.82) is 0 Å². The largest absolute Gasteiger partial charge is 0.468 e. The highest BCUT2D eigenvalue weighted by Crippen LogP contribution is 2.15. The number of hydrogen-bond acceptors (Lipinski definition) is 5. The molecule has 1 aromatic carbocycles. The van der Waals surface area contributed by atoms with Crippen molar-refractivity contribution in [1.82, 2.24) is 0 Å². The number of methoxy groups -OCH3 is 1. The third-order valence-electron chi connectivity index (χ3n) is 2.24. The van der Waals surface area contributed by atoms with Crippen LogP contribution in [0.3, 0.4) is 0 Å². The van der Waals surface area contributed by atoms with Crippen LogP contribution in [0.25, 0.3) is 0 Å². The highest BCUT2D eigenvalue weighted by atomic mass is 32.2. The third kappa shape index (κ3) is 5.81. The number of nitrogens with one attached hydrogen (secondary N) is 1. The summed E-state index contributed by atoms with van der Waals surface area (Å²) in [7, 11) is -2.89. The fourth-order valence-corrected chi connectivity index (χ4v) is 2.31. The molecule has 0 spiro atoms. The van der Waals surface area contributed by atoms with Gasteiger partial charge in [-0.15, -0.1) is 0 Å². The smallest absolute Gasteiger partial charge is 0.322 e. The number of benzene rings is 1. The average Bonchev–Trinajstić information content (AvgIpc) is 2.40. The maximum absolute atomic E-state index is 13.7. The van der Waals surface area contributed by atoms with Crippen LogP contribution in [0.1, 0.15) is 12.0 Å². The van der Waals surface area contributed by atoms with Crippen molar-refractivity contribution >= 4 is 21.7 Å². The molecule has 0 aliphatic carbocycles. The second-order valence-corrected chi connectivity index (χ2v) is 5.63. The number of sulfonamides is 1. The van der Waals surface area contributed by atoms with Gasteiger partial charge in [0.1, 0.15) is 5.82 Å². The molecule has 21 heavy (non-hydrogen) atoms. The zero-order valence-electron chi connectivity index (χ0n) is 11.2. The Labute approximate surface area is 122 Å². The van der Waals surface area contributed by atoms with Gasteiger partial charge in [0.05, 0.1) is 25.0 Å². The monoisotopic (exact) mass is 315 g/mol. The Bertz CT molecular complexity index is 676. The van der Waals surface area contributed by atoms with Crippen LogP contribution in [-0.4, -0.2) is 39.0 Å². The molecule has 6 nitrogen and oxygen atoms in total. The lowest BCUT2D eigenvalue weighted by Gasteiger charge is -2.07. The fraction of sp³-hybridized carbons (Fsp3) is 0.308. The summed E-state index contributed by atoms with van der Waals surface area (Å²) in [6, 6.07) is 3.58. The van der Waals surface area contributed by atoms with Gasteiger partial charge in [-0.05, 0) is 18.2 Å². The normalized spacial score (nSPS) is 10.4. The van der Waals surface area contributed by atoms with E-state index in [0.29, 0.717) is 0 Å². The highest BCUT2D eigenvalue weighted by molar-refractivity contribution is 7.93. The summed E-state index contributed by atoms with van der Waals surface area (Å²) in [6.45, 7) is -0.125. The Morgan fingerprint density at radius 1 is 1.48 bits per heavy atom. The second kappa shape index (κ2) is 7.61. The van der Waals surface area contributed by atoms with Crippen LogP contribution in [0.15, 0.2) is 18.2 Å². The molecule has 0 unspecified atom stereocenters. The van der Waals surface area contributed by atoms with Gasteiger partial charge in [-0.1, -0.05) is 11.8 Å². The molecule has 0 aliphatic heterocycles. The molecule has 0 aromatic heterocycles. The molecule has 8 heteroatoms. The highest BCUT2D eigenvalue weighted by Gasteiger charge is 2.17. The van der Waals surface area contributed by atoms with Gasteiger partial charge < -0.3 is 9.84 Å². The van der Waals surface area contributed by atoms with E-state index in [-0.39, 0.29) is 24.3 Å². The standard InChI is InChI=1S/C13H14FNO5S/c1-20-13(17)9-21(18,19)15-11-6-5-10(12(14)8-11)4-2-3-7-16/h5-6,8,15-16H,3,7,9H2,1H3. The molecule has 0 bridgehead atoms.